The van der Waals surface area contributed by atoms with E-state index in [1.165, 1.54) is 16.6 Å². The van der Waals surface area contributed by atoms with Crippen molar-refractivity contribution in [2.75, 3.05) is 11.9 Å². The second kappa shape index (κ2) is 4.93. The summed E-state index contributed by atoms with van der Waals surface area (Å²) in [5.41, 5.74) is 3.66. The van der Waals surface area contributed by atoms with Gasteiger partial charge in [0.1, 0.15) is 0 Å². The van der Waals surface area contributed by atoms with Gasteiger partial charge in [-0.05, 0) is 23.6 Å². The molecule has 0 fully saturated rings. The summed E-state index contributed by atoms with van der Waals surface area (Å²) in [5.74, 6) is 0. The zero-order valence-electron chi connectivity index (χ0n) is 11.4. The predicted octanol–water partition coefficient (Wildman–Crippen LogP) is 3.82. The lowest BCUT2D eigenvalue weighted by Gasteiger charge is -2.27. The first-order chi connectivity index (χ1) is 10.3. The quantitative estimate of drug-likeness (QED) is 0.705. The van der Waals surface area contributed by atoms with Crippen molar-refractivity contribution < 1.29 is 4.79 Å². The van der Waals surface area contributed by atoms with Crippen molar-refractivity contribution in [2.24, 2.45) is 0 Å². The molecular formula is C16H15N3OS. The number of amides is 2. The van der Waals surface area contributed by atoms with Gasteiger partial charge < -0.3 is 9.88 Å². The molecule has 0 saturated carbocycles. The molecule has 0 bridgehead atoms. The minimum Gasteiger partial charge on any atom is -0.358 e. The third kappa shape index (κ3) is 2.19. The van der Waals surface area contributed by atoms with Crippen LogP contribution >= 0.6 is 11.3 Å². The lowest BCUT2D eigenvalue weighted by atomic mass is 10.1. The number of rotatable bonds is 1. The molecule has 3 aromatic rings. The van der Waals surface area contributed by atoms with E-state index in [-0.39, 0.29) is 6.03 Å². The van der Waals surface area contributed by atoms with Crippen molar-refractivity contribution in [1.29, 1.82) is 0 Å². The van der Waals surface area contributed by atoms with Crippen LogP contribution < -0.4 is 5.32 Å². The number of carbonyl (C=O) groups is 1. The van der Waals surface area contributed by atoms with E-state index in [0.717, 1.165) is 23.5 Å². The van der Waals surface area contributed by atoms with E-state index < -0.39 is 0 Å². The molecule has 1 aromatic carbocycles. The summed E-state index contributed by atoms with van der Waals surface area (Å²) in [6, 6.07) is 12.1. The zero-order valence-corrected chi connectivity index (χ0v) is 12.2. The molecule has 1 aliphatic heterocycles. The largest absolute Gasteiger partial charge is 0.358 e. The standard InChI is InChI=1S/C16H15N3OS/c20-16(18-15-6-3-9-21-15)19-8-7-14-12(10-19)11-4-1-2-5-13(11)17-14/h1-6,9,17H,7-8,10H2,(H,18,20). The van der Waals surface area contributed by atoms with Crippen molar-refractivity contribution in [3.8, 4) is 0 Å². The van der Waals surface area contributed by atoms with E-state index in [0.29, 0.717) is 6.54 Å². The van der Waals surface area contributed by atoms with E-state index in [1.807, 2.05) is 34.5 Å². The number of hydrogen-bond donors (Lipinski definition) is 2. The fourth-order valence-corrected chi connectivity index (χ4v) is 3.48. The molecule has 3 heterocycles. The molecule has 2 aromatic heterocycles. The Balaban J connectivity index is 1.59. The Labute approximate surface area is 126 Å². The maximum atomic E-state index is 12.3. The van der Waals surface area contributed by atoms with E-state index in [9.17, 15) is 4.79 Å². The van der Waals surface area contributed by atoms with E-state index in [1.54, 1.807) is 11.3 Å². The number of para-hydroxylation sites is 1. The number of fused-ring (bicyclic) bond motifs is 3. The topological polar surface area (TPSA) is 48.1 Å². The molecule has 2 N–H and O–H groups in total. The molecule has 106 valence electrons. The molecule has 21 heavy (non-hydrogen) atoms. The molecular weight excluding hydrogens is 282 g/mol. The fourth-order valence-electron chi connectivity index (χ4n) is 2.87. The van der Waals surface area contributed by atoms with Crippen LogP contribution in [0.1, 0.15) is 11.3 Å². The number of benzene rings is 1. The number of thiophene rings is 1. The summed E-state index contributed by atoms with van der Waals surface area (Å²) in [5, 5.41) is 7.04. The highest BCUT2D eigenvalue weighted by molar-refractivity contribution is 7.14. The number of anilines is 1. The summed E-state index contributed by atoms with van der Waals surface area (Å²) in [7, 11) is 0. The third-order valence-corrected chi connectivity index (χ3v) is 4.71. The van der Waals surface area contributed by atoms with Gasteiger partial charge in [0.05, 0.1) is 5.00 Å². The van der Waals surface area contributed by atoms with Gasteiger partial charge >= 0.3 is 6.03 Å². The number of nitrogens with zero attached hydrogens (tertiary/aromatic N) is 1. The number of aromatic amines is 1. The molecule has 4 nitrogen and oxygen atoms in total. The Hall–Kier alpha value is -2.27. The van der Waals surface area contributed by atoms with Gasteiger partial charge in [0.15, 0.2) is 0 Å². The van der Waals surface area contributed by atoms with Crippen LogP contribution in [-0.4, -0.2) is 22.5 Å². The first-order valence-corrected chi connectivity index (χ1v) is 7.87. The van der Waals surface area contributed by atoms with Crippen LogP contribution in [0, 0.1) is 0 Å². The summed E-state index contributed by atoms with van der Waals surface area (Å²) >= 11 is 1.54. The Morgan fingerprint density at radius 2 is 2.14 bits per heavy atom. The van der Waals surface area contributed by atoms with Crippen LogP contribution in [0.4, 0.5) is 9.80 Å². The van der Waals surface area contributed by atoms with Crippen molar-refractivity contribution in [2.45, 2.75) is 13.0 Å². The van der Waals surface area contributed by atoms with Crippen molar-refractivity contribution in [1.82, 2.24) is 9.88 Å². The van der Waals surface area contributed by atoms with Gasteiger partial charge in [0.2, 0.25) is 0 Å². The van der Waals surface area contributed by atoms with E-state index >= 15 is 0 Å². The van der Waals surface area contributed by atoms with Crippen molar-refractivity contribution >= 4 is 33.3 Å². The monoisotopic (exact) mass is 297 g/mol. The predicted molar refractivity (Wildman–Crippen MR) is 85.8 cm³/mol. The second-order valence-electron chi connectivity index (χ2n) is 5.21. The SMILES string of the molecule is O=C(Nc1cccs1)N1CCc2[nH]c3ccccc3c2C1. The van der Waals surface area contributed by atoms with Crippen LogP contribution in [0.15, 0.2) is 41.8 Å². The first kappa shape index (κ1) is 12.5. The number of urea groups is 1. The third-order valence-electron chi connectivity index (χ3n) is 3.92. The molecule has 0 atom stereocenters. The van der Waals surface area contributed by atoms with Gasteiger partial charge in [-0.15, -0.1) is 11.3 Å². The van der Waals surface area contributed by atoms with Gasteiger partial charge in [-0.25, -0.2) is 4.79 Å². The molecule has 0 unspecified atom stereocenters. The summed E-state index contributed by atoms with van der Waals surface area (Å²) in [6.07, 6.45) is 0.877. The Morgan fingerprint density at radius 1 is 1.24 bits per heavy atom. The maximum Gasteiger partial charge on any atom is 0.322 e. The Kier molecular flexibility index (Phi) is 2.93. The maximum absolute atomic E-state index is 12.3. The minimum absolute atomic E-state index is 0.0200. The van der Waals surface area contributed by atoms with Crippen LogP contribution in [-0.2, 0) is 13.0 Å². The minimum atomic E-state index is -0.0200. The smallest absolute Gasteiger partial charge is 0.322 e. The van der Waals surface area contributed by atoms with Gasteiger partial charge in [0.25, 0.3) is 0 Å². The molecule has 0 saturated heterocycles. The highest BCUT2D eigenvalue weighted by Gasteiger charge is 2.23. The summed E-state index contributed by atoms with van der Waals surface area (Å²) in [4.78, 5) is 17.7. The first-order valence-electron chi connectivity index (χ1n) is 6.99. The van der Waals surface area contributed by atoms with E-state index in [4.69, 9.17) is 0 Å². The number of aromatic nitrogens is 1. The molecule has 4 rings (SSSR count). The van der Waals surface area contributed by atoms with Crippen molar-refractivity contribution in [3.05, 3.63) is 53.0 Å². The fraction of sp³-hybridized carbons (Fsp3) is 0.188. The number of hydrogen-bond acceptors (Lipinski definition) is 2. The van der Waals surface area contributed by atoms with Crippen LogP contribution in [0.3, 0.4) is 0 Å². The Morgan fingerprint density at radius 3 is 3.00 bits per heavy atom. The van der Waals surface area contributed by atoms with Gasteiger partial charge in [-0.2, -0.15) is 0 Å². The van der Waals surface area contributed by atoms with E-state index in [2.05, 4.69) is 22.4 Å². The van der Waals surface area contributed by atoms with Crippen LogP contribution in [0.25, 0.3) is 10.9 Å². The molecule has 0 aliphatic carbocycles. The molecule has 2 amide bonds. The van der Waals surface area contributed by atoms with Gasteiger partial charge in [-0.3, -0.25) is 5.32 Å². The molecule has 0 radical (unpaired) electrons. The second-order valence-corrected chi connectivity index (χ2v) is 6.15. The number of nitrogens with one attached hydrogen (secondary N) is 2. The average molecular weight is 297 g/mol. The highest BCUT2D eigenvalue weighted by atomic mass is 32.1. The Bertz CT molecular complexity index is 791. The van der Waals surface area contributed by atoms with Crippen molar-refractivity contribution in [3.63, 3.8) is 0 Å². The van der Waals surface area contributed by atoms with Crippen LogP contribution in [0.5, 0.6) is 0 Å². The van der Waals surface area contributed by atoms with Gasteiger partial charge in [0, 0.05) is 41.7 Å². The molecule has 0 spiro atoms. The highest BCUT2D eigenvalue weighted by Crippen LogP contribution is 2.28. The lowest BCUT2D eigenvalue weighted by Crippen LogP contribution is -2.38. The lowest BCUT2D eigenvalue weighted by molar-refractivity contribution is 0.206. The molecule has 1 aliphatic rings. The zero-order chi connectivity index (χ0) is 14.2. The van der Waals surface area contributed by atoms with Crippen LogP contribution in [0.2, 0.25) is 0 Å². The number of carbonyl (C=O) groups excluding carboxylic acids is 1. The normalized spacial score (nSPS) is 14.2. The number of H-pyrrole nitrogens is 1. The summed E-state index contributed by atoms with van der Waals surface area (Å²) < 4.78 is 0. The molecule has 5 heteroatoms. The van der Waals surface area contributed by atoms with Gasteiger partial charge in [-0.1, -0.05) is 18.2 Å². The summed E-state index contributed by atoms with van der Waals surface area (Å²) in [6.45, 7) is 1.41. The average Bonchev–Trinajstić information content (AvgIpc) is 3.13.